The summed E-state index contributed by atoms with van der Waals surface area (Å²) >= 11 is 0. The Labute approximate surface area is 68.3 Å². The van der Waals surface area contributed by atoms with Gasteiger partial charge >= 0.3 is 0 Å². The van der Waals surface area contributed by atoms with E-state index in [-0.39, 0.29) is 0 Å². The monoisotopic (exact) mass is 182 g/mol. The number of H-pyrrole nitrogens is 1. The van der Waals surface area contributed by atoms with Crippen LogP contribution in [0, 0.1) is 0 Å². The summed E-state index contributed by atoms with van der Waals surface area (Å²) in [6.07, 6.45) is 0. The van der Waals surface area contributed by atoms with Gasteiger partial charge in [0, 0.05) is 0 Å². The van der Waals surface area contributed by atoms with Crippen molar-refractivity contribution in [1.82, 2.24) is 15.4 Å². The summed E-state index contributed by atoms with van der Waals surface area (Å²) in [5.74, 6) is 0. The number of hydrogen-bond acceptors (Lipinski definition) is 3. The lowest BCUT2D eigenvalue weighted by molar-refractivity contribution is 0.513. The number of hydrogen-bond donors (Lipinski definition) is 2. The van der Waals surface area contributed by atoms with Crippen LogP contribution in [0.5, 0.6) is 0 Å². The molecule has 5 nitrogen and oxygen atoms in total. The van der Waals surface area contributed by atoms with Gasteiger partial charge in [-0.05, 0) is 12.1 Å². The van der Waals surface area contributed by atoms with Crippen LogP contribution in [0.4, 0.5) is 0 Å². The van der Waals surface area contributed by atoms with Gasteiger partial charge in [-0.3, -0.25) is 9.66 Å². The Kier molecular flexibility index (Phi) is 1.60. The lowest BCUT2D eigenvalue weighted by Gasteiger charge is -1.92. The van der Waals surface area contributed by atoms with E-state index in [0.29, 0.717) is 16.3 Å². The molecular weight excluding hydrogens is 177 g/mol. The molecular formula is C6H5N3O2P. The molecule has 1 aromatic heterocycles. The van der Waals surface area contributed by atoms with Crippen LogP contribution in [0.2, 0.25) is 0 Å². The first-order valence-corrected chi connectivity index (χ1v) is 4.46. The summed E-state index contributed by atoms with van der Waals surface area (Å²) < 4.78 is 10.8. The summed E-state index contributed by atoms with van der Waals surface area (Å²) in [5.41, 5.74) is 1.13. The van der Waals surface area contributed by atoms with Gasteiger partial charge in [0.2, 0.25) is 8.03 Å². The Morgan fingerprint density at radius 2 is 2.33 bits per heavy atom. The van der Waals surface area contributed by atoms with Crippen molar-refractivity contribution in [3.63, 3.8) is 0 Å². The molecule has 0 aliphatic rings. The molecule has 0 fully saturated rings. The molecule has 1 atom stereocenters. The molecule has 2 aromatic rings. The number of nitrogens with zero attached hydrogens (tertiary/aromatic N) is 2. The fraction of sp³-hybridized carbons (Fsp3) is 0. The maximum Gasteiger partial charge on any atom is 0.246 e. The average molecular weight is 182 g/mol. The van der Waals surface area contributed by atoms with Gasteiger partial charge in [0.15, 0.2) is 0 Å². The molecule has 0 amide bonds. The molecule has 0 saturated carbocycles. The molecule has 12 heavy (non-hydrogen) atoms. The lowest BCUT2D eigenvalue weighted by Crippen LogP contribution is -1.97. The van der Waals surface area contributed by atoms with Gasteiger partial charge in [0.25, 0.3) is 0 Å². The van der Waals surface area contributed by atoms with Crippen molar-refractivity contribution in [2.24, 2.45) is 0 Å². The molecule has 2 N–H and O–H groups in total. The first kappa shape index (κ1) is 7.34. The minimum absolute atomic E-state index is 0.316. The topological polar surface area (TPSA) is 78.9 Å². The van der Waals surface area contributed by atoms with E-state index in [1.165, 1.54) is 0 Å². The zero-order valence-electron chi connectivity index (χ0n) is 5.93. The molecule has 0 aliphatic heterocycles. The zero-order valence-corrected chi connectivity index (χ0v) is 6.82. The first-order chi connectivity index (χ1) is 5.79. The highest BCUT2D eigenvalue weighted by Crippen LogP contribution is 2.17. The molecule has 1 aromatic carbocycles. The number of fused-ring (bicyclic) bond motifs is 1. The molecule has 0 aliphatic carbocycles. The quantitative estimate of drug-likeness (QED) is 0.622. The van der Waals surface area contributed by atoms with Crippen molar-refractivity contribution < 1.29 is 9.46 Å². The maximum absolute atomic E-state index is 10.8. The minimum Gasteiger partial charge on any atom is -0.316 e. The third-order valence-corrected chi connectivity index (χ3v) is 2.31. The van der Waals surface area contributed by atoms with Crippen molar-refractivity contribution >= 4 is 24.4 Å². The van der Waals surface area contributed by atoms with Crippen molar-refractivity contribution in [2.75, 3.05) is 0 Å². The molecule has 0 saturated heterocycles. The molecule has 1 heterocycles. The van der Waals surface area contributed by atoms with E-state index < -0.39 is 8.03 Å². The van der Waals surface area contributed by atoms with E-state index in [1.54, 1.807) is 18.2 Å². The van der Waals surface area contributed by atoms with Gasteiger partial charge in [-0.15, -0.1) is 5.10 Å². The van der Waals surface area contributed by atoms with Crippen LogP contribution < -0.4 is 5.30 Å². The van der Waals surface area contributed by atoms with E-state index in [1.807, 2.05) is 0 Å². The summed E-state index contributed by atoms with van der Waals surface area (Å²) in [5, 5.41) is 10.2. The van der Waals surface area contributed by atoms with Crippen LogP contribution in [-0.2, 0) is 4.57 Å². The van der Waals surface area contributed by atoms with Gasteiger partial charge < -0.3 is 4.89 Å². The summed E-state index contributed by atoms with van der Waals surface area (Å²) in [6, 6.07) is 4.99. The Morgan fingerprint density at radius 3 is 3.08 bits per heavy atom. The number of nitrogens with one attached hydrogen (secondary N) is 1. The van der Waals surface area contributed by atoms with Crippen LogP contribution in [0.25, 0.3) is 11.0 Å². The molecule has 6 heteroatoms. The number of aromatic amines is 1. The smallest absolute Gasteiger partial charge is 0.246 e. The Bertz CT molecular complexity index is 439. The Morgan fingerprint density at radius 1 is 1.50 bits per heavy atom. The van der Waals surface area contributed by atoms with Crippen molar-refractivity contribution in [3.8, 4) is 0 Å². The van der Waals surface area contributed by atoms with Crippen LogP contribution in [0.3, 0.4) is 0 Å². The average Bonchev–Trinajstić information content (AvgIpc) is 2.49. The molecule has 61 valence electrons. The number of aromatic nitrogens is 3. The van der Waals surface area contributed by atoms with Crippen LogP contribution in [0.15, 0.2) is 18.2 Å². The lowest BCUT2D eigenvalue weighted by atomic mass is 10.3. The zero-order chi connectivity index (χ0) is 8.55. The highest BCUT2D eigenvalue weighted by atomic mass is 31.1. The van der Waals surface area contributed by atoms with Gasteiger partial charge in [0.1, 0.15) is 5.52 Å². The second kappa shape index (κ2) is 2.62. The van der Waals surface area contributed by atoms with Crippen molar-refractivity contribution in [3.05, 3.63) is 18.2 Å². The second-order valence-corrected chi connectivity index (χ2v) is 3.29. The summed E-state index contributed by atoms with van der Waals surface area (Å²) in [4.78, 5) is 8.87. The summed E-state index contributed by atoms with van der Waals surface area (Å²) in [6.45, 7) is 0. The Balaban J connectivity index is 2.82. The van der Waals surface area contributed by atoms with E-state index >= 15 is 0 Å². The number of benzene rings is 1. The molecule has 1 radical (unpaired) electrons. The SMILES string of the molecule is O=[P](O)c1cccc2[nH]nnc12. The third kappa shape index (κ3) is 0.995. The van der Waals surface area contributed by atoms with Gasteiger partial charge in [-0.2, -0.15) is 0 Å². The predicted molar refractivity (Wildman–Crippen MR) is 43.3 cm³/mol. The maximum atomic E-state index is 10.8. The van der Waals surface area contributed by atoms with E-state index in [0.717, 1.165) is 0 Å². The van der Waals surface area contributed by atoms with E-state index in [2.05, 4.69) is 15.4 Å². The van der Waals surface area contributed by atoms with Gasteiger partial charge in [0.05, 0.1) is 10.8 Å². The molecule has 0 bridgehead atoms. The largest absolute Gasteiger partial charge is 0.316 e. The number of rotatable bonds is 1. The normalized spacial score (nSPS) is 11.9. The fourth-order valence-corrected chi connectivity index (χ4v) is 1.57. The predicted octanol–water partition coefficient (Wildman–Crippen LogP) is 0.318. The molecule has 2 rings (SSSR count). The van der Waals surface area contributed by atoms with Crippen molar-refractivity contribution in [1.29, 1.82) is 0 Å². The van der Waals surface area contributed by atoms with Gasteiger partial charge in [-0.1, -0.05) is 11.3 Å². The van der Waals surface area contributed by atoms with E-state index in [9.17, 15) is 4.57 Å². The first-order valence-electron chi connectivity index (χ1n) is 3.25. The minimum atomic E-state index is -2.34. The van der Waals surface area contributed by atoms with Crippen LogP contribution in [-0.4, -0.2) is 20.3 Å². The van der Waals surface area contributed by atoms with E-state index in [4.69, 9.17) is 4.89 Å². The molecule has 1 unspecified atom stereocenters. The Hall–Kier alpha value is -1.32. The highest BCUT2D eigenvalue weighted by molar-refractivity contribution is 7.48. The second-order valence-electron chi connectivity index (χ2n) is 2.26. The van der Waals surface area contributed by atoms with Crippen LogP contribution in [0.1, 0.15) is 0 Å². The highest BCUT2D eigenvalue weighted by Gasteiger charge is 2.08. The molecule has 0 spiro atoms. The summed E-state index contributed by atoms with van der Waals surface area (Å²) in [7, 11) is -2.34. The van der Waals surface area contributed by atoms with Gasteiger partial charge in [-0.25, -0.2) is 0 Å². The van der Waals surface area contributed by atoms with Crippen LogP contribution >= 0.6 is 8.03 Å². The fourth-order valence-electron chi connectivity index (χ4n) is 1.01. The van der Waals surface area contributed by atoms with Crippen molar-refractivity contribution in [2.45, 2.75) is 0 Å². The third-order valence-electron chi connectivity index (χ3n) is 1.54. The standard InChI is InChI=1S/C6H5N3O2P/c10-12(11)5-3-1-2-4-6(5)8-9-7-4/h1-3H,(H,10,11)(H,7,8,9).